The predicted molar refractivity (Wildman–Crippen MR) is 101 cm³/mol. The Bertz CT molecular complexity index is 892. The molecule has 0 aliphatic heterocycles. The van der Waals surface area contributed by atoms with Gasteiger partial charge in [0.1, 0.15) is 23.1 Å². The molecular weight excluding hydrogens is 345 g/mol. The normalized spacial score (nSPS) is 10.4. The second-order valence-corrected chi connectivity index (χ2v) is 6.11. The topological polar surface area (TPSA) is 58.6 Å². The Morgan fingerprint density at radius 3 is 2.22 bits per heavy atom. The molecule has 0 aliphatic rings. The maximum absolute atomic E-state index is 12.9. The van der Waals surface area contributed by atoms with Crippen molar-refractivity contribution in [3.63, 3.8) is 0 Å². The first kappa shape index (κ1) is 18.5. The summed E-state index contributed by atoms with van der Waals surface area (Å²) in [6.45, 7) is 0.413. The standard InChI is InChI=1S/C22H20FNO3/c23-18-8-12-20(13-9-18)27-19-10-5-16(6-11-19)15-24-22(26)14-7-17-3-1-2-4-21(17)25/h1-6,8-13,25H,7,14-15H2,(H,24,26). The number of hydrogen-bond donors (Lipinski definition) is 2. The summed E-state index contributed by atoms with van der Waals surface area (Å²) in [6.07, 6.45) is 0.798. The number of aryl methyl sites for hydroxylation is 1. The molecule has 5 heteroatoms. The van der Waals surface area contributed by atoms with Gasteiger partial charge in [-0.3, -0.25) is 4.79 Å². The smallest absolute Gasteiger partial charge is 0.220 e. The third-order valence-corrected chi connectivity index (χ3v) is 4.08. The van der Waals surface area contributed by atoms with Crippen LogP contribution in [0.5, 0.6) is 17.2 Å². The lowest BCUT2D eigenvalue weighted by atomic mass is 10.1. The van der Waals surface area contributed by atoms with Crippen LogP contribution in [0.15, 0.2) is 72.8 Å². The average molecular weight is 365 g/mol. The van der Waals surface area contributed by atoms with Crippen molar-refractivity contribution in [1.29, 1.82) is 0 Å². The number of para-hydroxylation sites is 1. The number of ether oxygens (including phenoxy) is 1. The van der Waals surface area contributed by atoms with Gasteiger partial charge < -0.3 is 15.2 Å². The number of aromatic hydroxyl groups is 1. The quantitative estimate of drug-likeness (QED) is 0.645. The summed E-state index contributed by atoms with van der Waals surface area (Å²) in [5.74, 6) is 1.01. The first-order valence-electron chi connectivity index (χ1n) is 8.66. The fourth-order valence-corrected chi connectivity index (χ4v) is 2.57. The van der Waals surface area contributed by atoms with Crippen LogP contribution in [0.3, 0.4) is 0 Å². The fourth-order valence-electron chi connectivity index (χ4n) is 2.57. The zero-order valence-electron chi connectivity index (χ0n) is 14.7. The first-order chi connectivity index (χ1) is 13.1. The summed E-state index contributed by atoms with van der Waals surface area (Å²) in [5.41, 5.74) is 1.70. The maximum Gasteiger partial charge on any atom is 0.220 e. The molecule has 4 nitrogen and oxygen atoms in total. The van der Waals surface area contributed by atoms with E-state index >= 15 is 0 Å². The molecule has 0 spiro atoms. The number of phenolic OH excluding ortho intramolecular Hbond substituents is 1. The Kier molecular flexibility index (Phi) is 6.05. The third-order valence-electron chi connectivity index (χ3n) is 4.08. The molecule has 0 saturated carbocycles. The first-order valence-corrected chi connectivity index (χ1v) is 8.66. The fraction of sp³-hybridized carbons (Fsp3) is 0.136. The highest BCUT2D eigenvalue weighted by molar-refractivity contribution is 5.76. The van der Waals surface area contributed by atoms with E-state index in [1.165, 1.54) is 12.1 Å². The number of rotatable bonds is 7. The van der Waals surface area contributed by atoms with Crippen LogP contribution in [0.1, 0.15) is 17.5 Å². The predicted octanol–water partition coefficient (Wildman–Crippen LogP) is 4.57. The van der Waals surface area contributed by atoms with Gasteiger partial charge in [0.2, 0.25) is 5.91 Å². The van der Waals surface area contributed by atoms with Crippen LogP contribution in [-0.2, 0) is 17.8 Å². The van der Waals surface area contributed by atoms with Gasteiger partial charge in [0, 0.05) is 13.0 Å². The Labute approximate surface area is 157 Å². The molecule has 138 valence electrons. The Balaban J connectivity index is 1.46. The van der Waals surface area contributed by atoms with E-state index in [1.807, 2.05) is 24.3 Å². The second-order valence-electron chi connectivity index (χ2n) is 6.11. The number of phenols is 1. The van der Waals surface area contributed by atoms with Gasteiger partial charge in [-0.1, -0.05) is 30.3 Å². The number of benzene rings is 3. The minimum Gasteiger partial charge on any atom is -0.508 e. The highest BCUT2D eigenvalue weighted by atomic mass is 19.1. The molecule has 0 saturated heterocycles. The van der Waals surface area contributed by atoms with Gasteiger partial charge in [0.05, 0.1) is 0 Å². The minimum absolute atomic E-state index is 0.0788. The van der Waals surface area contributed by atoms with Crippen LogP contribution in [-0.4, -0.2) is 11.0 Å². The van der Waals surface area contributed by atoms with E-state index in [0.717, 1.165) is 11.1 Å². The molecule has 0 unspecified atom stereocenters. The van der Waals surface area contributed by atoms with Crippen LogP contribution in [0.4, 0.5) is 4.39 Å². The van der Waals surface area contributed by atoms with Gasteiger partial charge >= 0.3 is 0 Å². The van der Waals surface area contributed by atoms with Gasteiger partial charge in [0.25, 0.3) is 0 Å². The number of nitrogens with one attached hydrogen (secondary N) is 1. The van der Waals surface area contributed by atoms with E-state index < -0.39 is 0 Å². The lowest BCUT2D eigenvalue weighted by Gasteiger charge is -2.08. The van der Waals surface area contributed by atoms with E-state index in [1.54, 1.807) is 36.4 Å². The molecule has 27 heavy (non-hydrogen) atoms. The van der Waals surface area contributed by atoms with Crippen molar-refractivity contribution in [3.8, 4) is 17.2 Å². The number of carbonyl (C=O) groups excluding carboxylic acids is 1. The van der Waals surface area contributed by atoms with E-state index in [2.05, 4.69) is 5.32 Å². The number of halogens is 1. The monoisotopic (exact) mass is 365 g/mol. The zero-order valence-corrected chi connectivity index (χ0v) is 14.7. The van der Waals surface area contributed by atoms with Crippen molar-refractivity contribution in [2.75, 3.05) is 0 Å². The van der Waals surface area contributed by atoms with Crippen LogP contribution in [0, 0.1) is 5.82 Å². The second kappa shape index (κ2) is 8.85. The summed E-state index contributed by atoms with van der Waals surface area (Å²) in [7, 11) is 0. The Morgan fingerprint density at radius 1 is 0.926 bits per heavy atom. The van der Waals surface area contributed by atoms with Gasteiger partial charge in [0.15, 0.2) is 0 Å². The largest absolute Gasteiger partial charge is 0.508 e. The van der Waals surface area contributed by atoms with Gasteiger partial charge in [-0.25, -0.2) is 4.39 Å². The van der Waals surface area contributed by atoms with E-state index in [4.69, 9.17) is 4.74 Å². The van der Waals surface area contributed by atoms with E-state index in [9.17, 15) is 14.3 Å². The van der Waals surface area contributed by atoms with Crippen LogP contribution in [0.2, 0.25) is 0 Å². The molecule has 0 fully saturated rings. The van der Waals surface area contributed by atoms with Crippen LogP contribution in [0.25, 0.3) is 0 Å². The van der Waals surface area contributed by atoms with Crippen molar-refractivity contribution in [2.45, 2.75) is 19.4 Å². The van der Waals surface area contributed by atoms with Gasteiger partial charge in [-0.15, -0.1) is 0 Å². The molecule has 0 atom stereocenters. The van der Waals surface area contributed by atoms with E-state index in [-0.39, 0.29) is 17.5 Å². The molecule has 1 amide bonds. The molecule has 0 radical (unpaired) electrons. The van der Waals surface area contributed by atoms with Gasteiger partial charge in [-0.05, 0) is 60.0 Å². The van der Waals surface area contributed by atoms with Crippen molar-refractivity contribution in [2.24, 2.45) is 0 Å². The van der Waals surface area contributed by atoms with Crippen LogP contribution < -0.4 is 10.1 Å². The molecule has 3 aromatic rings. The zero-order chi connectivity index (χ0) is 19.1. The molecule has 0 aromatic heterocycles. The molecule has 0 bridgehead atoms. The third kappa shape index (κ3) is 5.57. The molecule has 3 aromatic carbocycles. The van der Waals surface area contributed by atoms with Crippen molar-refractivity contribution >= 4 is 5.91 Å². The minimum atomic E-state index is -0.309. The van der Waals surface area contributed by atoms with E-state index in [0.29, 0.717) is 30.9 Å². The summed E-state index contributed by atoms with van der Waals surface area (Å²) in [5, 5.41) is 12.6. The number of amides is 1. The van der Waals surface area contributed by atoms with Crippen molar-refractivity contribution in [3.05, 3.63) is 89.7 Å². The molecule has 2 N–H and O–H groups in total. The summed E-state index contributed by atoms with van der Waals surface area (Å²) in [4.78, 5) is 12.0. The van der Waals surface area contributed by atoms with Crippen molar-refractivity contribution in [1.82, 2.24) is 5.32 Å². The number of hydrogen-bond acceptors (Lipinski definition) is 3. The number of carbonyl (C=O) groups is 1. The molecule has 3 rings (SSSR count). The lowest BCUT2D eigenvalue weighted by Crippen LogP contribution is -2.22. The average Bonchev–Trinajstić information content (AvgIpc) is 2.68. The molecule has 0 heterocycles. The molecular formula is C22H20FNO3. The highest BCUT2D eigenvalue weighted by Gasteiger charge is 2.05. The van der Waals surface area contributed by atoms with Crippen molar-refractivity contribution < 1.29 is 19.0 Å². The lowest BCUT2D eigenvalue weighted by molar-refractivity contribution is -0.121. The summed E-state index contributed by atoms with van der Waals surface area (Å²) in [6, 6.07) is 20.1. The van der Waals surface area contributed by atoms with Gasteiger partial charge in [-0.2, -0.15) is 0 Å². The van der Waals surface area contributed by atoms with Crippen LogP contribution >= 0.6 is 0 Å². The highest BCUT2D eigenvalue weighted by Crippen LogP contribution is 2.22. The molecule has 0 aliphatic carbocycles. The SMILES string of the molecule is O=C(CCc1ccccc1O)NCc1ccc(Oc2ccc(F)cc2)cc1. The summed E-state index contributed by atoms with van der Waals surface area (Å²) >= 11 is 0. The summed E-state index contributed by atoms with van der Waals surface area (Å²) < 4.78 is 18.5. The maximum atomic E-state index is 12.9. The Morgan fingerprint density at radius 2 is 1.56 bits per heavy atom. The Hall–Kier alpha value is -3.34.